The first-order chi connectivity index (χ1) is 8.09. The van der Waals surface area contributed by atoms with Crippen molar-refractivity contribution < 1.29 is 14.3 Å². The van der Waals surface area contributed by atoms with E-state index in [0.29, 0.717) is 31.3 Å². The van der Waals surface area contributed by atoms with Crippen molar-refractivity contribution in [2.75, 3.05) is 13.2 Å². The van der Waals surface area contributed by atoms with Crippen molar-refractivity contribution in [2.45, 2.75) is 51.7 Å². The standard InChI is InChI=1S/C14H22O3/c1-10-11-4-3-6-14(16-8-9-17-14)13(11,2)7-5-12(10)15/h10-11H,3-9H2,1-2H3/t10-,11-,13-/m1/s1. The summed E-state index contributed by atoms with van der Waals surface area (Å²) >= 11 is 0. The lowest BCUT2D eigenvalue weighted by atomic mass is 9.54. The monoisotopic (exact) mass is 238 g/mol. The van der Waals surface area contributed by atoms with E-state index < -0.39 is 0 Å². The van der Waals surface area contributed by atoms with Crippen molar-refractivity contribution in [3.63, 3.8) is 0 Å². The molecule has 1 spiro atoms. The summed E-state index contributed by atoms with van der Waals surface area (Å²) in [6.45, 7) is 5.80. The number of carbonyl (C=O) groups excluding carboxylic acids is 1. The van der Waals surface area contributed by atoms with Crippen LogP contribution in [0.15, 0.2) is 0 Å². The van der Waals surface area contributed by atoms with Gasteiger partial charge >= 0.3 is 0 Å². The molecular weight excluding hydrogens is 216 g/mol. The topological polar surface area (TPSA) is 35.5 Å². The second kappa shape index (κ2) is 3.79. The summed E-state index contributed by atoms with van der Waals surface area (Å²) in [7, 11) is 0. The average Bonchev–Trinajstić information content (AvgIpc) is 2.78. The molecule has 0 amide bonds. The molecule has 1 aliphatic heterocycles. The van der Waals surface area contributed by atoms with Crippen LogP contribution < -0.4 is 0 Å². The van der Waals surface area contributed by atoms with Crippen LogP contribution in [-0.4, -0.2) is 24.8 Å². The Morgan fingerprint density at radius 1 is 1.24 bits per heavy atom. The number of hydrogen-bond donors (Lipinski definition) is 0. The second-order valence-electron chi connectivity index (χ2n) is 6.12. The van der Waals surface area contributed by atoms with Gasteiger partial charge in [-0.05, 0) is 25.2 Å². The summed E-state index contributed by atoms with van der Waals surface area (Å²) in [6, 6.07) is 0. The molecular formula is C14H22O3. The van der Waals surface area contributed by atoms with Gasteiger partial charge in [-0.25, -0.2) is 0 Å². The summed E-state index contributed by atoms with van der Waals surface area (Å²) in [6.07, 6.45) is 4.90. The lowest BCUT2D eigenvalue weighted by Gasteiger charge is -2.56. The van der Waals surface area contributed by atoms with Crippen LogP contribution in [0.5, 0.6) is 0 Å². The molecule has 0 N–H and O–H groups in total. The zero-order chi connectivity index (χ0) is 12.1. The first kappa shape index (κ1) is 11.7. The summed E-state index contributed by atoms with van der Waals surface area (Å²) in [5.41, 5.74) is 0.0368. The third kappa shape index (κ3) is 1.45. The van der Waals surface area contributed by atoms with E-state index >= 15 is 0 Å². The summed E-state index contributed by atoms with van der Waals surface area (Å²) in [4.78, 5) is 11.9. The number of hydrogen-bond acceptors (Lipinski definition) is 3. The molecule has 0 aromatic heterocycles. The molecule has 3 fully saturated rings. The number of carbonyl (C=O) groups is 1. The van der Waals surface area contributed by atoms with Crippen LogP contribution in [0.4, 0.5) is 0 Å². The fourth-order valence-electron chi connectivity index (χ4n) is 4.38. The highest BCUT2D eigenvalue weighted by Crippen LogP contribution is 2.59. The van der Waals surface area contributed by atoms with E-state index in [1.807, 2.05) is 0 Å². The molecule has 1 heterocycles. The molecule has 3 heteroatoms. The van der Waals surface area contributed by atoms with Gasteiger partial charge < -0.3 is 9.47 Å². The Kier molecular flexibility index (Phi) is 2.60. The Hall–Kier alpha value is -0.410. The number of fused-ring (bicyclic) bond motifs is 2. The SMILES string of the molecule is C[C@H]1C(=O)CC[C@]2(C)[C@@H]1CCCC21OCCO1. The molecule has 3 atom stereocenters. The maximum absolute atomic E-state index is 11.9. The number of ether oxygens (including phenoxy) is 2. The second-order valence-corrected chi connectivity index (χ2v) is 6.12. The highest BCUT2D eigenvalue weighted by molar-refractivity contribution is 5.82. The van der Waals surface area contributed by atoms with Gasteiger partial charge in [0.05, 0.1) is 13.2 Å². The minimum Gasteiger partial charge on any atom is -0.347 e. The predicted octanol–water partition coefficient (Wildman–Crippen LogP) is 2.53. The average molecular weight is 238 g/mol. The van der Waals surface area contributed by atoms with E-state index in [0.717, 1.165) is 25.7 Å². The van der Waals surface area contributed by atoms with Crippen LogP contribution in [0.25, 0.3) is 0 Å². The number of rotatable bonds is 0. The fraction of sp³-hybridized carbons (Fsp3) is 0.929. The molecule has 0 aromatic carbocycles. The van der Waals surface area contributed by atoms with Crippen LogP contribution in [0, 0.1) is 17.3 Å². The van der Waals surface area contributed by atoms with Crippen LogP contribution in [0.2, 0.25) is 0 Å². The molecule has 17 heavy (non-hydrogen) atoms. The molecule has 3 rings (SSSR count). The molecule has 2 saturated carbocycles. The zero-order valence-corrected chi connectivity index (χ0v) is 10.8. The fourth-order valence-corrected chi connectivity index (χ4v) is 4.38. The van der Waals surface area contributed by atoms with Gasteiger partial charge in [0.2, 0.25) is 0 Å². The van der Waals surface area contributed by atoms with Gasteiger partial charge in [0.1, 0.15) is 5.78 Å². The van der Waals surface area contributed by atoms with Gasteiger partial charge in [-0.1, -0.05) is 13.8 Å². The van der Waals surface area contributed by atoms with E-state index in [1.54, 1.807) is 0 Å². The Balaban J connectivity index is 1.97. The van der Waals surface area contributed by atoms with Crippen LogP contribution in [0.1, 0.15) is 46.0 Å². The first-order valence-corrected chi connectivity index (χ1v) is 6.90. The normalized spacial score (nSPS) is 44.9. The van der Waals surface area contributed by atoms with E-state index in [2.05, 4.69) is 13.8 Å². The molecule has 96 valence electrons. The largest absolute Gasteiger partial charge is 0.347 e. The van der Waals surface area contributed by atoms with Gasteiger partial charge in [0, 0.05) is 24.2 Å². The molecule has 0 aromatic rings. The van der Waals surface area contributed by atoms with Gasteiger partial charge in [0.25, 0.3) is 0 Å². The highest BCUT2D eigenvalue weighted by atomic mass is 16.7. The van der Waals surface area contributed by atoms with Crippen molar-refractivity contribution >= 4 is 5.78 Å². The third-order valence-electron chi connectivity index (χ3n) is 5.47. The Morgan fingerprint density at radius 2 is 1.94 bits per heavy atom. The molecule has 1 saturated heterocycles. The molecule has 3 aliphatic rings. The Bertz CT molecular complexity index is 332. The van der Waals surface area contributed by atoms with Crippen molar-refractivity contribution in [3.05, 3.63) is 0 Å². The lowest BCUT2D eigenvalue weighted by molar-refractivity contribution is -0.278. The maximum atomic E-state index is 11.9. The lowest BCUT2D eigenvalue weighted by Crippen LogP contribution is -2.58. The van der Waals surface area contributed by atoms with E-state index in [9.17, 15) is 4.79 Å². The van der Waals surface area contributed by atoms with Gasteiger partial charge in [-0.15, -0.1) is 0 Å². The van der Waals surface area contributed by atoms with E-state index in [-0.39, 0.29) is 17.1 Å². The van der Waals surface area contributed by atoms with Crippen LogP contribution in [0.3, 0.4) is 0 Å². The minimum atomic E-state index is -0.384. The van der Waals surface area contributed by atoms with Gasteiger partial charge in [0.15, 0.2) is 5.79 Å². The van der Waals surface area contributed by atoms with E-state index in [1.165, 1.54) is 0 Å². The molecule has 0 bridgehead atoms. The van der Waals surface area contributed by atoms with E-state index in [4.69, 9.17) is 9.47 Å². The van der Waals surface area contributed by atoms with Gasteiger partial charge in [-0.2, -0.15) is 0 Å². The summed E-state index contributed by atoms with van der Waals surface area (Å²) < 4.78 is 12.0. The Morgan fingerprint density at radius 3 is 2.65 bits per heavy atom. The molecule has 0 unspecified atom stereocenters. The zero-order valence-electron chi connectivity index (χ0n) is 10.8. The van der Waals surface area contributed by atoms with Crippen molar-refractivity contribution in [2.24, 2.45) is 17.3 Å². The molecule has 0 radical (unpaired) electrons. The molecule has 2 aliphatic carbocycles. The predicted molar refractivity (Wildman–Crippen MR) is 63.5 cm³/mol. The van der Waals surface area contributed by atoms with Crippen molar-refractivity contribution in [3.8, 4) is 0 Å². The summed E-state index contributed by atoms with van der Waals surface area (Å²) in [5, 5.41) is 0. The first-order valence-electron chi connectivity index (χ1n) is 6.90. The van der Waals surface area contributed by atoms with Crippen molar-refractivity contribution in [1.29, 1.82) is 0 Å². The third-order valence-corrected chi connectivity index (χ3v) is 5.47. The highest BCUT2D eigenvalue weighted by Gasteiger charge is 2.61. The maximum Gasteiger partial charge on any atom is 0.174 e. The number of Topliss-reactive ketones (excluding diaryl/α,β-unsaturated/α-hetero) is 1. The quantitative estimate of drug-likeness (QED) is 0.650. The van der Waals surface area contributed by atoms with Crippen LogP contribution >= 0.6 is 0 Å². The smallest absolute Gasteiger partial charge is 0.174 e. The minimum absolute atomic E-state index is 0.0368. The summed E-state index contributed by atoms with van der Waals surface area (Å²) in [5.74, 6) is 0.669. The Labute approximate surface area is 103 Å². The molecule has 3 nitrogen and oxygen atoms in total. The van der Waals surface area contributed by atoms with Gasteiger partial charge in [-0.3, -0.25) is 4.79 Å². The van der Waals surface area contributed by atoms with Crippen LogP contribution in [-0.2, 0) is 14.3 Å². The number of ketones is 1. The van der Waals surface area contributed by atoms with Crippen molar-refractivity contribution in [1.82, 2.24) is 0 Å².